The summed E-state index contributed by atoms with van der Waals surface area (Å²) in [6.07, 6.45) is 1.44. The maximum atomic E-state index is 11.1. The Morgan fingerprint density at radius 1 is 1.12 bits per heavy atom. The molecule has 0 amide bonds. The Morgan fingerprint density at radius 3 is 2.82 bits per heavy atom. The molecule has 1 unspecified atom stereocenters. The van der Waals surface area contributed by atoms with Gasteiger partial charge < -0.3 is 31.3 Å². The number of aromatic nitrogens is 3. The summed E-state index contributed by atoms with van der Waals surface area (Å²) in [7, 11) is 0. The number of ether oxygens (including phenoxy) is 1. The van der Waals surface area contributed by atoms with Crippen LogP contribution in [-0.4, -0.2) is 56.6 Å². The number of nitrogen functional groups attached to an aromatic ring is 2. The predicted molar refractivity (Wildman–Crippen MR) is 128 cm³/mol. The molecule has 2 aromatic heterocycles. The molecule has 5 atom stereocenters. The summed E-state index contributed by atoms with van der Waals surface area (Å²) in [5, 5.41) is 23.2. The Hall–Kier alpha value is -2.53. The molecule has 2 aliphatic heterocycles. The maximum Gasteiger partial charge on any atom is 0.138 e. The van der Waals surface area contributed by atoms with Gasteiger partial charge in [-0.2, -0.15) is 0 Å². The molecule has 3 aliphatic rings. The van der Waals surface area contributed by atoms with Crippen molar-refractivity contribution >= 4 is 44.3 Å². The molecular weight excluding hydrogens is 488 g/mol. The zero-order chi connectivity index (χ0) is 22.9. The van der Waals surface area contributed by atoms with Crippen LogP contribution in [0.2, 0.25) is 0 Å². The van der Waals surface area contributed by atoms with Crippen LogP contribution in [0.4, 0.5) is 17.5 Å². The number of halogens is 1. The molecule has 6 rings (SSSR count). The minimum absolute atomic E-state index is 0.189. The number of fused-ring (bicyclic) bond motifs is 2. The van der Waals surface area contributed by atoms with Gasteiger partial charge in [-0.05, 0) is 52.9 Å². The van der Waals surface area contributed by atoms with Gasteiger partial charge in [0, 0.05) is 22.9 Å². The van der Waals surface area contributed by atoms with E-state index in [1.54, 1.807) is 0 Å². The van der Waals surface area contributed by atoms with Crippen molar-refractivity contribution < 1.29 is 14.9 Å². The van der Waals surface area contributed by atoms with Crippen LogP contribution in [0.15, 0.2) is 35.1 Å². The van der Waals surface area contributed by atoms with E-state index in [1.807, 2.05) is 24.3 Å². The highest BCUT2D eigenvalue weighted by Gasteiger charge is 2.58. The van der Waals surface area contributed by atoms with Crippen LogP contribution < -0.4 is 16.4 Å². The third-order valence-electron chi connectivity index (χ3n) is 7.55. The minimum Gasteiger partial charge on any atom is -0.390 e. The van der Waals surface area contributed by atoms with Crippen LogP contribution in [-0.2, 0) is 11.2 Å². The molecule has 9 nitrogen and oxygen atoms in total. The number of rotatable bonds is 2. The first kappa shape index (κ1) is 21.0. The minimum atomic E-state index is -0.898. The second-order valence-corrected chi connectivity index (χ2v) is 10.2. The van der Waals surface area contributed by atoms with Crippen molar-refractivity contribution in [2.24, 2.45) is 5.41 Å². The highest BCUT2D eigenvalue weighted by atomic mass is 79.9. The Balaban J connectivity index is 1.26. The molecule has 3 aromatic rings. The fraction of sp³-hybridized carbons (Fsp3) is 0.435. The second kappa shape index (κ2) is 7.49. The van der Waals surface area contributed by atoms with Gasteiger partial charge in [0.1, 0.15) is 29.9 Å². The van der Waals surface area contributed by atoms with Crippen molar-refractivity contribution in [3.8, 4) is 0 Å². The molecule has 1 aliphatic carbocycles. The molecule has 33 heavy (non-hydrogen) atoms. The molecule has 0 bridgehead atoms. The quantitative estimate of drug-likeness (QED) is 0.404. The summed E-state index contributed by atoms with van der Waals surface area (Å²) >= 11 is 3.42. The Kier molecular flexibility index (Phi) is 4.77. The lowest BCUT2D eigenvalue weighted by Crippen LogP contribution is -2.43. The molecule has 2 fully saturated rings. The van der Waals surface area contributed by atoms with Crippen LogP contribution in [0.5, 0.6) is 0 Å². The summed E-state index contributed by atoms with van der Waals surface area (Å²) in [4.78, 5) is 15.0. The smallest absolute Gasteiger partial charge is 0.138 e. The Bertz CT molecular complexity index is 1260. The molecule has 172 valence electrons. The first-order valence-corrected chi connectivity index (χ1v) is 11.8. The van der Waals surface area contributed by atoms with Gasteiger partial charge in [0.2, 0.25) is 0 Å². The topological polar surface area (TPSA) is 144 Å². The van der Waals surface area contributed by atoms with Gasteiger partial charge in [-0.3, -0.25) is 0 Å². The Labute approximate surface area is 198 Å². The summed E-state index contributed by atoms with van der Waals surface area (Å²) in [5.74, 6) is 1.68. The fourth-order valence-electron chi connectivity index (χ4n) is 5.78. The summed E-state index contributed by atoms with van der Waals surface area (Å²) in [6.45, 7) is 1.08. The van der Waals surface area contributed by atoms with Gasteiger partial charge in [0.05, 0.1) is 34.8 Å². The summed E-state index contributed by atoms with van der Waals surface area (Å²) < 4.78 is 6.96. The third-order valence-corrected chi connectivity index (χ3v) is 8.18. The number of hydrogen-bond acceptors (Lipinski definition) is 9. The number of benzene rings is 1. The van der Waals surface area contributed by atoms with Crippen molar-refractivity contribution in [2.45, 2.75) is 43.6 Å². The largest absolute Gasteiger partial charge is 0.390 e. The first-order valence-electron chi connectivity index (χ1n) is 11.1. The van der Waals surface area contributed by atoms with Crippen molar-refractivity contribution in [3.63, 3.8) is 0 Å². The molecule has 6 N–H and O–H groups in total. The summed E-state index contributed by atoms with van der Waals surface area (Å²) in [5.41, 5.74) is 14.2. The van der Waals surface area contributed by atoms with Crippen LogP contribution in [0.25, 0.3) is 10.9 Å². The van der Waals surface area contributed by atoms with Gasteiger partial charge in [-0.15, -0.1) is 0 Å². The van der Waals surface area contributed by atoms with E-state index in [2.05, 4.69) is 35.8 Å². The SMILES string of the molecule is Nc1nc2cc(C3C[C@@]4(CO3)C[C@@H](N3CCc5c(N)ncnc53)[C@H](O)[C@@H]4O)ccc2cc1Br. The van der Waals surface area contributed by atoms with E-state index >= 15 is 0 Å². The predicted octanol–water partition coefficient (Wildman–Crippen LogP) is 1.96. The van der Waals surface area contributed by atoms with E-state index in [9.17, 15) is 10.2 Å². The van der Waals surface area contributed by atoms with Crippen molar-refractivity contribution in [1.82, 2.24) is 15.0 Å². The third kappa shape index (κ3) is 3.19. The molecule has 10 heteroatoms. The number of nitrogens with two attached hydrogens (primary N) is 2. The maximum absolute atomic E-state index is 11.1. The zero-order valence-corrected chi connectivity index (χ0v) is 19.4. The fourth-order valence-corrected chi connectivity index (χ4v) is 6.11. The number of nitrogens with zero attached hydrogens (tertiary/aromatic N) is 4. The van der Waals surface area contributed by atoms with Gasteiger partial charge in [-0.25, -0.2) is 15.0 Å². The number of hydrogen-bond donors (Lipinski definition) is 4. The Morgan fingerprint density at radius 2 is 1.97 bits per heavy atom. The van der Waals surface area contributed by atoms with Gasteiger partial charge in [0.15, 0.2) is 0 Å². The zero-order valence-electron chi connectivity index (χ0n) is 17.9. The number of aliphatic hydroxyl groups excluding tert-OH is 2. The van der Waals surface area contributed by atoms with E-state index in [4.69, 9.17) is 16.2 Å². The average Bonchev–Trinajstić information content (AvgIpc) is 3.48. The number of pyridine rings is 1. The van der Waals surface area contributed by atoms with E-state index in [-0.39, 0.29) is 12.1 Å². The van der Waals surface area contributed by atoms with E-state index < -0.39 is 17.6 Å². The lowest BCUT2D eigenvalue weighted by atomic mass is 9.80. The molecule has 1 saturated heterocycles. The van der Waals surface area contributed by atoms with Crippen LogP contribution in [0, 0.1) is 5.41 Å². The molecule has 1 spiro atoms. The molecule has 1 saturated carbocycles. The van der Waals surface area contributed by atoms with Crippen molar-refractivity contribution in [1.29, 1.82) is 0 Å². The normalized spacial score (nSPS) is 31.1. The first-order chi connectivity index (χ1) is 15.9. The van der Waals surface area contributed by atoms with E-state index in [0.29, 0.717) is 37.6 Å². The summed E-state index contributed by atoms with van der Waals surface area (Å²) in [6, 6.07) is 7.72. The molecule has 0 radical (unpaired) electrons. The van der Waals surface area contributed by atoms with Crippen LogP contribution in [0.1, 0.15) is 30.1 Å². The van der Waals surface area contributed by atoms with E-state index in [1.165, 1.54) is 6.33 Å². The molecule has 1 aromatic carbocycles. The molecular formula is C23H25BrN6O3. The average molecular weight is 513 g/mol. The lowest BCUT2D eigenvalue weighted by molar-refractivity contribution is -0.0276. The lowest BCUT2D eigenvalue weighted by Gasteiger charge is -2.29. The standard InChI is InChI=1S/C23H25BrN6O3/c24-14-5-11-1-2-12(6-15(11)29-21(14)26)17-8-23(9-33-17)7-16(18(31)19(23)32)30-4-3-13-20(25)27-10-28-22(13)30/h1-2,5-6,10,16-19,31-32H,3-4,7-9H2,(H2,26,29)(H2,25,27,28)/t16-,17?,18+,19+,23-/m1/s1. The highest BCUT2D eigenvalue weighted by molar-refractivity contribution is 9.10. The van der Waals surface area contributed by atoms with Gasteiger partial charge in [0.25, 0.3) is 0 Å². The number of aliphatic hydroxyl groups is 2. The van der Waals surface area contributed by atoms with Crippen LogP contribution >= 0.6 is 15.9 Å². The van der Waals surface area contributed by atoms with Gasteiger partial charge in [-0.1, -0.05) is 12.1 Å². The number of anilines is 3. The second-order valence-electron chi connectivity index (χ2n) is 9.39. The molecule has 4 heterocycles. The monoisotopic (exact) mass is 512 g/mol. The van der Waals surface area contributed by atoms with Crippen molar-refractivity contribution in [2.75, 3.05) is 29.5 Å². The van der Waals surface area contributed by atoms with Crippen molar-refractivity contribution in [3.05, 3.63) is 46.2 Å². The van der Waals surface area contributed by atoms with Gasteiger partial charge >= 0.3 is 0 Å². The van der Waals surface area contributed by atoms with E-state index in [0.717, 1.165) is 38.7 Å². The van der Waals surface area contributed by atoms with Crippen LogP contribution in [0.3, 0.4) is 0 Å². The highest BCUT2D eigenvalue weighted by Crippen LogP contribution is 2.53.